The van der Waals surface area contributed by atoms with E-state index in [4.69, 9.17) is 9.72 Å². The summed E-state index contributed by atoms with van der Waals surface area (Å²) >= 11 is -0.674. The van der Waals surface area contributed by atoms with E-state index in [1.165, 1.54) is 46.3 Å². The number of hydrogen-bond acceptors (Lipinski definition) is 6. The Hall–Kier alpha value is -6.39. The Bertz CT molecular complexity index is 2930. The first-order valence-electron chi connectivity index (χ1n) is 21.2. The van der Waals surface area contributed by atoms with Crippen molar-refractivity contribution in [2.75, 3.05) is 21.4 Å². The molecule has 62 heavy (non-hydrogen) atoms. The molecule has 0 radical (unpaired) electrons. The summed E-state index contributed by atoms with van der Waals surface area (Å²) in [6, 6.07) is 56.8. The minimum Gasteiger partial charge on any atom is -0.0579 e. The Morgan fingerprint density at radius 1 is 0.516 bits per heavy atom. The van der Waals surface area contributed by atoms with Crippen LogP contribution in [0.4, 0.5) is 39.9 Å². The van der Waals surface area contributed by atoms with Crippen LogP contribution in [0.5, 0.6) is 11.5 Å². The number of pyridine rings is 2. The first-order valence-corrected chi connectivity index (χ1v) is 23.6. The number of nitrogens with zero attached hydrogens (tertiary/aromatic N) is 5. The largest absolute Gasteiger partial charge is 0.0579 e. The van der Waals surface area contributed by atoms with Gasteiger partial charge in [-0.2, -0.15) is 0 Å². The van der Waals surface area contributed by atoms with E-state index in [0.717, 1.165) is 45.8 Å². The van der Waals surface area contributed by atoms with Crippen molar-refractivity contribution in [3.8, 4) is 33.8 Å². The molecule has 0 amide bonds. The molecule has 306 valence electrons. The Labute approximate surface area is 375 Å². The number of para-hydroxylation sites is 3. The summed E-state index contributed by atoms with van der Waals surface area (Å²) in [5.74, 6) is 2.46. The van der Waals surface area contributed by atoms with Gasteiger partial charge in [-0.25, -0.2) is 0 Å². The van der Waals surface area contributed by atoms with Gasteiger partial charge in [-0.1, -0.05) is 99.6 Å². The summed E-state index contributed by atoms with van der Waals surface area (Å²) in [7, 11) is 0. The fourth-order valence-electron chi connectivity index (χ4n) is 8.50. The van der Waals surface area contributed by atoms with E-state index in [1.807, 2.05) is 24.7 Å². The average Bonchev–Trinajstić information content (AvgIpc) is 3.67. The van der Waals surface area contributed by atoms with Gasteiger partial charge in [0.15, 0.2) is 0 Å². The minimum absolute atomic E-state index is 0.0135. The molecule has 2 aliphatic rings. The molecular weight excluding hydrogens is 874 g/mol. The zero-order valence-electron chi connectivity index (χ0n) is 36.0. The average molecular weight is 924 g/mol. The molecule has 0 bridgehead atoms. The monoisotopic (exact) mass is 925 g/mol. The van der Waals surface area contributed by atoms with E-state index in [0.29, 0.717) is 6.67 Å². The Kier molecular flexibility index (Phi) is 10.1. The van der Waals surface area contributed by atoms with Crippen molar-refractivity contribution in [1.29, 1.82) is 0 Å². The maximum absolute atomic E-state index is 6.80. The quantitative estimate of drug-likeness (QED) is 0.148. The minimum atomic E-state index is -0.674. The van der Waals surface area contributed by atoms with Crippen LogP contribution >= 0.6 is 0 Å². The van der Waals surface area contributed by atoms with Crippen LogP contribution in [0.1, 0.15) is 52.7 Å². The molecule has 0 spiro atoms. The van der Waals surface area contributed by atoms with E-state index in [1.54, 1.807) is 0 Å². The number of ether oxygens (including phenoxy) is 1. The number of anilines is 7. The third-order valence-electron chi connectivity index (χ3n) is 11.8. The van der Waals surface area contributed by atoms with Crippen molar-refractivity contribution >= 4 is 68.1 Å². The SMILES string of the molecule is CC(C)(C)c1ccc(-c2cccc(-c3ccccc3)c2N2CN(c3cccc(Oc4ccc5c(c4)N(c4cc(C(C)(C)C)ccn4)c4ccncc4[Te]5)c3)c3ccccc32)cc1. The zero-order chi connectivity index (χ0) is 42.6. The van der Waals surface area contributed by atoms with Gasteiger partial charge in [0.25, 0.3) is 0 Å². The number of fused-ring (bicyclic) bond motifs is 3. The summed E-state index contributed by atoms with van der Waals surface area (Å²) < 4.78 is 9.42. The summed E-state index contributed by atoms with van der Waals surface area (Å²) in [5.41, 5.74) is 14.2. The van der Waals surface area contributed by atoms with Crippen LogP contribution in [0.2, 0.25) is 0 Å². The number of hydrogen-bond donors (Lipinski definition) is 0. The second kappa shape index (κ2) is 15.8. The van der Waals surface area contributed by atoms with Crippen molar-refractivity contribution in [1.82, 2.24) is 9.97 Å². The molecule has 0 N–H and O–H groups in total. The van der Waals surface area contributed by atoms with Crippen LogP contribution < -0.4 is 26.7 Å². The molecule has 4 heterocycles. The van der Waals surface area contributed by atoms with Crippen molar-refractivity contribution in [3.05, 3.63) is 187 Å². The molecule has 6 nitrogen and oxygen atoms in total. The third-order valence-corrected chi connectivity index (χ3v) is 14.9. The van der Waals surface area contributed by atoms with Crippen LogP contribution in [0, 0.1) is 0 Å². The number of benzene rings is 6. The van der Waals surface area contributed by atoms with Gasteiger partial charge in [-0.15, -0.1) is 0 Å². The smallest absolute Gasteiger partial charge is 0.0540 e. The molecule has 6 aromatic carbocycles. The van der Waals surface area contributed by atoms with Gasteiger partial charge in [0.2, 0.25) is 0 Å². The van der Waals surface area contributed by atoms with Crippen molar-refractivity contribution < 1.29 is 4.74 Å². The first kappa shape index (κ1) is 39.7. The fraction of sp³-hybridized carbons (Fsp3) is 0.164. The zero-order valence-corrected chi connectivity index (χ0v) is 38.3. The molecule has 0 atom stereocenters. The molecule has 2 aromatic heterocycles. The molecule has 0 aliphatic carbocycles. The maximum atomic E-state index is 6.80. The molecule has 2 aliphatic heterocycles. The second-order valence-corrected chi connectivity index (χ2v) is 21.1. The molecular formula is C55H49N5OTe. The summed E-state index contributed by atoms with van der Waals surface area (Å²) in [4.78, 5) is 16.6. The molecule has 0 fully saturated rings. The topological polar surface area (TPSA) is 44.7 Å². The predicted molar refractivity (Wildman–Crippen MR) is 259 cm³/mol. The van der Waals surface area contributed by atoms with Crippen molar-refractivity contribution in [2.45, 2.75) is 52.4 Å². The van der Waals surface area contributed by atoms with Crippen LogP contribution in [0.25, 0.3) is 22.3 Å². The standard InChI is InChI=1S/C55H49N5OTe/c1-54(2,3)39-24-22-38(23-25-39)45-19-13-18-44(37-14-8-7-9-15-37)53(45)59-36-58(46-20-10-11-21-47(46)59)41-16-12-17-42(33-41)61-43-26-27-50-49(34-43)60(48-29-30-56-35-51(48)62-50)52-32-40(28-31-57-52)55(4,5)6/h7-35H,36H2,1-6H3. The van der Waals surface area contributed by atoms with Gasteiger partial charge in [-0.05, 0) is 22.1 Å². The van der Waals surface area contributed by atoms with E-state index in [2.05, 4.69) is 213 Å². The van der Waals surface area contributed by atoms with Gasteiger partial charge >= 0.3 is 245 Å². The molecule has 0 saturated heterocycles. The van der Waals surface area contributed by atoms with Gasteiger partial charge in [0, 0.05) is 11.1 Å². The van der Waals surface area contributed by atoms with E-state index < -0.39 is 20.9 Å². The molecule has 0 unspecified atom stereocenters. The Balaban J connectivity index is 1.01. The third kappa shape index (κ3) is 7.50. The van der Waals surface area contributed by atoms with Crippen LogP contribution in [0.15, 0.2) is 176 Å². The normalized spacial score (nSPS) is 13.4. The summed E-state index contributed by atoms with van der Waals surface area (Å²) in [6.07, 6.45) is 5.84. The van der Waals surface area contributed by atoms with E-state index >= 15 is 0 Å². The van der Waals surface area contributed by atoms with Crippen LogP contribution in [-0.4, -0.2) is 37.6 Å². The van der Waals surface area contributed by atoms with Crippen molar-refractivity contribution in [3.63, 3.8) is 0 Å². The molecule has 8 aromatic rings. The Morgan fingerprint density at radius 3 is 1.94 bits per heavy atom. The van der Waals surface area contributed by atoms with Gasteiger partial charge in [0.1, 0.15) is 0 Å². The van der Waals surface area contributed by atoms with Gasteiger partial charge < -0.3 is 0 Å². The number of rotatable bonds is 7. The van der Waals surface area contributed by atoms with Gasteiger partial charge in [-0.3, -0.25) is 0 Å². The number of aromatic nitrogens is 2. The van der Waals surface area contributed by atoms with Crippen LogP contribution in [0.3, 0.4) is 0 Å². The summed E-state index contributed by atoms with van der Waals surface area (Å²) in [6.45, 7) is 14.2. The van der Waals surface area contributed by atoms with Crippen LogP contribution in [-0.2, 0) is 10.8 Å². The van der Waals surface area contributed by atoms with E-state index in [9.17, 15) is 0 Å². The molecule has 7 heteroatoms. The first-order chi connectivity index (χ1) is 30.0. The van der Waals surface area contributed by atoms with Gasteiger partial charge in [0.05, 0.1) is 0 Å². The Morgan fingerprint density at radius 2 is 1.19 bits per heavy atom. The summed E-state index contributed by atoms with van der Waals surface area (Å²) in [5, 5.41) is 0. The maximum Gasteiger partial charge on any atom is -0.0540 e. The fourth-order valence-corrected chi connectivity index (χ4v) is 11.4. The van der Waals surface area contributed by atoms with Crippen molar-refractivity contribution in [2.24, 2.45) is 0 Å². The molecule has 0 saturated carbocycles. The predicted octanol–water partition coefficient (Wildman–Crippen LogP) is 12.9. The molecule has 10 rings (SSSR count). The van der Waals surface area contributed by atoms with E-state index in [-0.39, 0.29) is 10.8 Å². The second-order valence-electron chi connectivity index (χ2n) is 18.0.